The van der Waals surface area contributed by atoms with Crippen LogP contribution in [0.15, 0.2) is 70.4 Å². The lowest BCUT2D eigenvalue weighted by Gasteiger charge is -2.26. The third kappa shape index (κ3) is 3.17. The van der Waals surface area contributed by atoms with Crippen molar-refractivity contribution in [1.29, 1.82) is 0 Å². The molecule has 25 heavy (non-hydrogen) atoms. The van der Waals surface area contributed by atoms with Crippen LogP contribution in [0.2, 0.25) is 0 Å². The normalized spacial score (nSPS) is 17.1. The van der Waals surface area contributed by atoms with Crippen molar-refractivity contribution in [1.82, 2.24) is 0 Å². The molecule has 1 unspecified atom stereocenters. The molecule has 0 spiro atoms. The Morgan fingerprint density at radius 3 is 2.56 bits per heavy atom. The van der Waals surface area contributed by atoms with Crippen LogP contribution in [0, 0.1) is 0 Å². The minimum Gasteiger partial charge on any atom is -0.503 e. The first-order valence-electron chi connectivity index (χ1n) is 7.79. The number of halogens is 1. The van der Waals surface area contributed by atoms with Gasteiger partial charge in [0.2, 0.25) is 0 Å². The summed E-state index contributed by atoms with van der Waals surface area (Å²) in [4.78, 5) is 26.5. The van der Waals surface area contributed by atoms with Crippen molar-refractivity contribution in [3.8, 4) is 0 Å². The summed E-state index contributed by atoms with van der Waals surface area (Å²) in [7, 11) is 0. The second kappa shape index (κ2) is 7.11. The number of aliphatic hydroxyl groups excluding tert-OH is 1. The lowest BCUT2D eigenvalue weighted by Crippen LogP contribution is -2.31. The number of nitrogens with zero attached hydrogens (tertiary/aromatic N) is 1. The van der Waals surface area contributed by atoms with E-state index in [4.69, 9.17) is 4.74 Å². The van der Waals surface area contributed by atoms with E-state index in [9.17, 15) is 14.7 Å². The summed E-state index contributed by atoms with van der Waals surface area (Å²) in [6.07, 6.45) is 0. The van der Waals surface area contributed by atoms with E-state index in [0.29, 0.717) is 11.3 Å². The van der Waals surface area contributed by atoms with Crippen LogP contribution >= 0.6 is 15.9 Å². The Bertz CT molecular complexity index is 848. The molecule has 2 aromatic carbocycles. The minimum absolute atomic E-state index is 0.0474. The Morgan fingerprint density at radius 2 is 1.92 bits per heavy atom. The van der Waals surface area contributed by atoms with Crippen LogP contribution in [-0.4, -0.2) is 23.6 Å². The van der Waals surface area contributed by atoms with Gasteiger partial charge in [-0.05, 0) is 36.8 Å². The van der Waals surface area contributed by atoms with E-state index >= 15 is 0 Å². The first-order valence-corrected chi connectivity index (χ1v) is 8.58. The minimum atomic E-state index is -0.758. The van der Waals surface area contributed by atoms with E-state index in [-0.39, 0.29) is 12.2 Å². The molecular weight excluding hydrogens is 386 g/mol. The van der Waals surface area contributed by atoms with Crippen LogP contribution in [0.3, 0.4) is 0 Å². The molecule has 0 aliphatic carbocycles. The lowest BCUT2D eigenvalue weighted by atomic mass is 9.99. The van der Waals surface area contributed by atoms with Gasteiger partial charge < -0.3 is 9.84 Å². The number of carbonyl (C=O) groups is 2. The Labute approximate surface area is 153 Å². The molecule has 0 saturated heterocycles. The number of carbonyl (C=O) groups excluding carboxylic acids is 2. The zero-order chi connectivity index (χ0) is 18.0. The van der Waals surface area contributed by atoms with E-state index in [1.807, 2.05) is 24.3 Å². The van der Waals surface area contributed by atoms with Gasteiger partial charge in [0.05, 0.1) is 12.6 Å². The summed E-state index contributed by atoms with van der Waals surface area (Å²) in [5.41, 5.74) is 1.23. The number of para-hydroxylation sites is 1. The van der Waals surface area contributed by atoms with Crippen LogP contribution in [-0.2, 0) is 14.3 Å². The van der Waals surface area contributed by atoms with Crippen molar-refractivity contribution in [3.05, 3.63) is 76.0 Å². The van der Waals surface area contributed by atoms with E-state index in [1.165, 1.54) is 4.90 Å². The predicted molar refractivity (Wildman–Crippen MR) is 97.1 cm³/mol. The summed E-state index contributed by atoms with van der Waals surface area (Å²) in [6, 6.07) is 15.4. The van der Waals surface area contributed by atoms with Gasteiger partial charge >= 0.3 is 5.97 Å². The molecule has 1 amide bonds. The molecule has 2 aromatic rings. The summed E-state index contributed by atoms with van der Waals surface area (Å²) in [5.74, 6) is -1.90. The average Bonchev–Trinajstić information content (AvgIpc) is 2.87. The number of hydrogen-bond donors (Lipinski definition) is 1. The third-order valence-corrected chi connectivity index (χ3v) is 4.40. The number of rotatable bonds is 4. The molecule has 3 rings (SSSR count). The summed E-state index contributed by atoms with van der Waals surface area (Å²) < 4.78 is 5.87. The molecule has 0 bridgehead atoms. The molecule has 1 N–H and O–H groups in total. The van der Waals surface area contributed by atoms with Crippen LogP contribution in [0.25, 0.3) is 0 Å². The largest absolute Gasteiger partial charge is 0.503 e. The average molecular weight is 402 g/mol. The highest BCUT2D eigenvalue weighted by Gasteiger charge is 2.45. The van der Waals surface area contributed by atoms with Gasteiger partial charge in [-0.15, -0.1) is 0 Å². The Morgan fingerprint density at radius 1 is 1.20 bits per heavy atom. The van der Waals surface area contributed by atoms with Gasteiger partial charge in [0.15, 0.2) is 5.76 Å². The molecule has 1 atom stereocenters. The zero-order valence-electron chi connectivity index (χ0n) is 13.5. The number of ether oxygens (including phenoxy) is 1. The molecule has 1 aliphatic heterocycles. The predicted octanol–water partition coefficient (Wildman–Crippen LogP) is 3.91. The maximum absolute atomic E-state index is 12.7. The van der Waals surface area contributed by atoms with Gasteiger partial charge in [-0.3, -0.25) is 9.69 Å². The number of benzene rings is 2. The highest BCUT2D eigenvalue weighted by molar-refractivity contribution is 9.10. The number of anilines is 1. The standard InChI is InChI=1S/C19H16BrNO4/c1-2-25-19(24)15-16(12-7-6-8-13(20)11-12)21(18(23)17(15)22)14-9-4-3-5-10-14/h3-11,16,22H,2H2,1H3. The molecule has 5 nitrogen and oxygen atoms in total. The Hall–Kier alpha value is -2.60. The van der Waals surface area contributed by atoms with Gasteiger partial charge in [0, 0.05) is 10.2 Å². The molecule has 0 saturated carbocycles. The summed E-state index contributed by atoms with van der Waals surface area (Å²) >= 11 is 3.41. The zero-order valence-corrected chi connectivity index (χ0v) is 15.1. The second-order valence-corrected chi connectivity index (χ2v) is 6.37. The molecule has 128 valence electrons. The van der Waals surface area contributed by atoms with Crippen molar-refractivity contribution in [2.75, 3.05) is 11.5 Å². The first kappa shape index (κ1) is 17.2. The van der Waals surface area contributed by atoms with Gasteiger partial charge in [-0.25, -0.2) is 4.79 Å². The molecule has 0 radical (unpaired) electrons. The molecule has 0 fully saturated rings. The van der Waals surface area contributed by atoms with Crippen molar-refractivity contribution in [3.63, 3.8) is 0 Å². The van der Waals surface area contributed by atoms with Gasteiger partial charge in [-0.2, -0.15) is 0 Å². The van der Waals surface area contributed by atoms with Crippen molar-refractivity contribution < 1.29 is 19.4 Å². The van der Waals surface area contributed by atoms with Crippen LogP contribution in [0.5, 0.6) is 0 Å². The maximum atomic E-state index is 12.7. The summed E-state index contributed by atoms with van der Waals surface area (Å²) in [6.45, 7) is 1.83. The first-order chi connectivity index (χ1) is 12.0. The van der Waals surface area contributed by atoms with Gasteiger partial charge in [0.25, 0.3) is 5.91 Å². The topological polar surface area (TPSA) is 66.8 Å². The fraction of sp³-hybridized carbons (Fsp3) is 0.158. The SMILES string of the molecule is CCOC(=O)C1=C(O)C(=O)N(c2ccccc2)C1c1cccc(Br)c1. The van der Waals surface area contributed by atoms with E-state index in [2.05, 4.69) is 15.9 Å². The fourth-order valence-corrected chi connectivity index (χ4v) is 3.29. The maximum Gasteiger partial charge on any atom is 0.340 e. The summed E-state index contributed by atoms with van der Waals surface area (Å²) in [5, 5.41) is 10.4. The Balaban J connectivity index is 2.16. The number of amides is 1. The van der Waals surface area contributed by atoms with Crippen molar-refractivity contribution >= 4 is 33.5 Å². The third-order valence-electron chi connectivity index (χ3n) is 3.90. The van der Waals surface area contributed by atoms with E-state index in [0.717, 1.165) is 4.47 Å². The smallest absolute Gasteiger partial charge is 0.340 e. The number of esters is 1. The number of aliphatic hydroxyl groups is 1. The monoisotopic (exact) mass is 401 g/mol. The van der Waals surface area contributed by atoms with Crippen molar-refractivity contribution in [2.45, 2.75) is 13.0 Å². The van der Waals surface area contributed by atoms with Crippen LogP contribution < -0.4 is 4.90 Å². The van der Waals surface area contributed by atoms with Gasteiger partial charge in [-0.1, -0.05) is 46.3 Å². The van der Waals surface area contributed by atoms with E-state index < -0.39 is 23.7 Å². The highest BCUT2D eigenvalue weighted by atomic mass is 79.9. The van der Waals surface area contributed by atoms with Crippen molar-refractivity contribution in [2.24, 2.45) is 0 Å². The lowest BCUT2D eigenvalue weighted by molar-refractivity contribution is -0.139. The highest BCUT2D eigenvalue weighted by Crippen LogP contribution is 2.41. The Kier molecular flexibility index (Phi) is 4.90. The molecular formula is C19H16BrNO4. The quantitative estimate of drug-likeness (QED) is 0.788. The number of hydrogen-bond acceptors (Lipinski definition) is 4. The second-order valence-electron chi connectivity index (χ2n) is 5.45. The van der Waals surface area contributed by atoms with E-state index in [1.54, 1.807) is 37.3 Å². The molecule has 0 aromatic heterocycles. The molecule has 1 heterocycles. The van der Waals surface area contributed by atoms with Crippen LogP contribution in [0.1, 0.15) is 18.5 Å². The van der Waals surface area contributed by atoms with Crippen LogP contribution in [0.4, 0.5) is 5.69 Å². The molecule has 6 heteroatoms. The van der Waals surface area contributed by atoms with Gasteiger partial charge in [0.1, 0.15) is 5.57 Å². The molecule has 1 aliphatic rings. The fourth-order valence-electron chi connectivity index (χ4n) is 2.87.